The standard InChI is InChI=1S/C17H14N2O4S/c1-22-16(20)15-14(24-2)9-13(23-17(15)21)11-3-5-12(6-4-11)19-8-7-18-10-19/h3-10H,1-2H3. The summed E-state index contributed by atoms with van der Waals surface area (Å²) in [5.41, 5.74) is 0.892. The van der Waals surface area contributed by atoms with Crippen LogP contribution in [0.2, 0.25) is 0 Å². The molecule has 122 valence electrons. The van der Waals surface area contributed by atoms with E-state index in [4.69, 9.17) is 4.42 Å². The smallest absolute Gasteiger partial charge is 0.352 e. The molecule has 0 aliphatic carbocycles. The van der Waals surface area contributed by atoms with Crippen LogP contribution >= 0.6 is 11.8 Å². The van der Waals surface area contributed by atoms with Crippen LogP contribution in [0.4, 0.5) is 0 Å². The summed E-state index contributed by atoms with van der Waals surface area (Å²) in [4.78, 5) is 28.4. The number of rotatable bonds is 4. The Morgan fingerprint density at radius 3 is 2.62 bits per heavy atom. The van der Waals surface area contributed by atoms with Gasteiger partial charge in [0.05, 0.1) is 13.4 Å². The summed E-state index contributed by atoms with van der Waals surface area (Å²) in [6.45, 7) is 0. The number of carbonyl (C=O) groups excluding carboxylic acids is 1. The number of aromatic nitrogens is 2. The van der Waals surface area contributed by atoms with Crippen LogP contribution in [0, 0.1) is 0 Å². The highest BCUT2D eigenvalue weighted by atomic mass is 32.2. The van der Waals surface area contributed by atoms with Crippen molar-refractivity contribution in [2.24, 2.45) is 0 Å². The highest BCUT2D eigenvalue weighted by Gasteiger charge is 2.20. The number of methoxy groups -OCH3 is 1. The average Bonchev–Trinajstić information content (AvgIpc) is 3.15. The van der Waals surface area contributed by atoms with Crippen LogP contribution in [0.5, 0.6) is 0 Å². The average molecular weight is 342 g/mol. The second-order valence-corrected chi connectivity index (χ2v) is 5.70. The zero-order valence-electron chi connectivity index (χ0n) is 13.1. The first-order valence-electron chi connectivity index (χ1n) is 7.03. The van der Waals surface area contributed by atoms with E-state index in [2.05, 4.69) is 9.72 Å². The predicted molar refractivity (Wildman–Crippen MR) is 90.7 cm³/mol. The Morgan fingerprint density at radius 1 is 1.29 bits per heavy atom. The Balaban J connectivity index is 2.02. The van der Waals surface area contributed by atoms with Crippen molar-refractivity contribution < 1.29 is 13.9 Å². The summed E-state index contributed by atoms with van der Waals surface area (Å²) in [5.74, 6) is -0.302. The molecule has 2 heterocycles. The first kappa shape index (κ1) is 16.1. The number of hydrogen-bond donors (Lipinski definition) is 0. The molecule has 0 spiro atoms. The van der Waals surface area contributed by atoms with Gasteiger partial charge in [0.1, 0.15) is 5.76 Å². The predicted octanol–water partition coefficient (Wildman–Crippen LogP) is 3.00. The van der Waals surface area contributed by atoms with Crippen LogP contribution in [-0.2, 0) is 4.74 Å². The largest absolute Gasteiger partial charge is 0.465 e. The van der Waals surface area contributed by atoms with Gasteiger partial charge in [0.25, 0.3) is 0 Å². The molecule has 0 unspecified atom stereocenters. The lowest BCUT2D eigenvalue weighted by molar-refractivity contribution is 0.0591. The van der Waals surface area contributed by atoms with Crippen molar-refractivity contribution in [2.75, 3.05) is 13.4 Å². The van der Waals surface area contributed by atoms with E-state index in [0.717, 1.165) is 11.3 Å². The number of thioether (sulfide) groups is 1. The Labute approximate surface area is 142 Å². The maximum absolute atomic E-state index is 12.2. The van der Waals surface area contributed by atoms with Gasteiger partial charge in [-0.1, -0.05) is 0 Å². The van der Waals surface area contributed by atoms with Crippen LogP contribution in [0.3, 0.4) is 0 Å². The lowest BCUT2D eigenvalue weighted by atomic mass is 10.1. The van der Waals surface area contributed by atoms with Crippen molar-refractivity contribution in [3.63, 3.8) is 0 Å². The molecule has 0 saturated heterocycles. The molecule has 0 radical (unpaired) electrons. The Morgan fingerprint density at radius 2 is 2.04 bits per heavy atom. The number of hydrogen-bond acceptors (Lipinski definition) is 6. The molecule has 3 rings (SSSR count). The van der Waals surface area contributed by atoms with E-state index in [1.54, 1.807) is 24.8 Å². The van der Waals surface area contributed by atoms with Crippen LogP contribution in [0.15, 0.2) is 63.2 Å². The summed E-state index contributed by atoms with van der Waals surface area (Å²) < 4.78 is 11.8. The van der Waals surface area contributed by atoms with Gasteiger partial charge in [0.15, 0.2) is 5.56 Å². The third-order valence-corrected chi connectivity index (χ3v) is 4.24. The van der Waals surface area contributed by atoms with Crippen LogP contribution in [0.25, 0.3) is 17.0 Å². The molecule has 0 amide bonds. The van der Waals surface area contributed by atoms with Gasteiger partial charge in [-0.3, -0.25) is 0 Å². The van der Waals surface area contributed by atoms with Crippen LogP contribution in [0.1, 0.15) is 10.4 Å². The van der Waals surface area contributed by atoms with Gasteiger partial charge in [0.2, 0.25) is 0 Å². The molecular weight excluding hydrogens is 328 g/mol. The van der Waals surface area contributed by atoms with Gasteiger partial charge < -0.3 is 13.7 Å². The van der Waals surface area contributed by atoms with E-state index in [1.165, 1.54) is 18.9 Å². The molecule has 0 atom stereocenters. The molecule has 0 N–H and O–H groups in total. The number of esters is 1. The van der Waals surface area contributed by atoms with Crippen molar-refractivity contribution in [3.8, 4) is 17.0 Å². The van der Waals surface area contributed by atoms with Crippen molar-refractivity contribution in [1.29, 1.82) is 0 Å². The molecule has 1 aromatic carbocycles. The fourth-order valence-electron chi connectivity index (χ4n) is 2.27. The molecule has 0 fully saturated rings. The molecule has 2 aromatic heterocycles. The second kappa shape index (κ2) is 6.76. The maximum atomic E-state index is 12.2. The molecule has 0 aliphatic rings. The van der Waals surface area contributed by atoms with E-state index in [-0.39, 0.29) is 5.56 Å². The van der Waals surface area contributed by atoms with E-state index in [1.807, 2.05) is 35.0 Å². The summed E-state index contributed by atoms with van der Waals surface area (Å²) in [6, 6.07) is 9.14. The van der Waals surface area contributed by atoms with E-state index in [0.29, 0.717) is 10.7 Å². The first-order valence-corrected chi connectivity index (χ1v) is 8.25. The van der Waals surface area contributed by atoms with Gasteiger partial charge in [-0.2, -0.15) is 0 Å². The first-order chi connectivity index (χ1) is 11.6. The summed E-state index contributed by atoms with van der Waals surface area (Å²) in [7, 11) is 1.23. The number of ether oxygens (including phenoxy) is 1. The van der Waals surface area contributed by atoms with E-state index in [9.17, 15) is 9.59 Å². The van der Waals surface area contributed by atoms with Gasteiger partial charge in [-0.15, -0.1) is 11.8 Å². The maximum Gasteiger partial charge on any atom is 0.352 e. The topological polar surface area (TPSA) is 74.3 Å². The molecular formula is C17H14N2O4S. The summed E-state index contributed by atoms with van der Waals surface area (Å²) in [6.07, 6.45) is 7.02. The quantitative estimate of drug-likeness (QED) is 0.536. The highest BCUT2D eigenvalue weighted by molar-refractivity contribution is 7.98. The summed E-state index contributed by atoms with van der Waals surface area (Å²) in [5, 5.41) is 0. The summed E-state index contributed by atoms with van der Waals surface area (Å²) >= 11 is 1.29. The fraction of sp³-hybridized carbons (Fsp3) is 0.118. The Kier molecular flexibility index (Phi) is 4.52. The van der Waals surface area contributed by atoms with Crippen molar-refractivity contribution in [2.45, 2.75) is 4.90 Å². The van der Waals surface area contributed by atoms with E-state index >= 15 is 0 Å². The van der Waals surface area contributed by atoms with Gasteiger partial charge in [-0.25, -0.2) is 14.6 Å². The van der Waals surface area contributed by atoms with E-state index < -0.39 is 11.6 Å². The normalized spacial score (nSPS) is 10.6. The minimum atomic E-state index is -0.706. The molecule has 7 heteroatoms. The monoisotopic (exact) mass is 342 g/mol. The van der Waals surface area contributed by atoms with Gasteiger partial charge in [-0.05, 0) is 36.6 Å². The number of benzene rings is 1. The zero-order chi connectivity index (χ0) is 17.1. The fourth-order valence-corrected chi connectivity index (χ4v) is 2.87. The molecule has 0 bridgehead atoms. The molecule has 0 aliphatic heterocycles. The number of imidazole rings is 1. The van der Waals surface area contributed by atoms with Gasteiger partial charge >= 0.3 is 11.6 Å². The third kappa shape index (κ3) is 2.98. The number of nitrogens with zero attached hydrogens (tertiary/aromatic N) is 2. The Hall–Kier alpha value is -2.80. The number of carbonyl (C=O) groups is 1. The molecule has 0 saturated carbocycles. The van der Waals surface area contributed by atoms with Crippen molar-refractivity contribution in [1.82, 2.24) is 9.55 Å². The molecule has 24 heavy (non-hydrogen) atoms. The minimum Gasteiger partial charge on any atom is -0.465 e. The lowest BCUT2D eigenvalue weighted by Gasteiger charge is -2.08. The van der Waals surface area contributed by atoms with Crippen LogP contribution < -0.4 is 5.63 Å². The van der Waals surface area contributed by atoms with Crippen molar-refractivity contribution >= 4 is 17.7 Å². The lowest BCUT2D eigenvalue weighted by Crippen LogP contribution is -2.17. The van der Waals surface area contributed by atoms with Crippen molar-refractivity contribution in [3.05, 3.63) is 65.0 Å². The Bertz CT molecular complexity index is 915. The zero-order valence-corrected chi connectivity index (χ0v) is 13.9. The van der Waals surface area contributed by atoms with Gasteiger partial charge in [0, 0.05) is 28.5 Å². The second-order valence-electron chi connectivity index (χ2n) is 4.85. The minimum absolute atomic E-state index is 0.0798. The molecule has 3 aromatic rings. The highest BCUT2D eigenvalue weighted by Crippen LogP contribution is 2.26. The SMILES string of the molecule is COC(=O)c1c(SC)cc(-c2ccc(-n3ccnc3)cc2)oc1=O. The molecule has 6 nitrogen and oxygen atoms in total. The third-order valence-electron chi connectivity index (χ3n) is 3.48. The van der Waals surface area contributed by atoms with Crippen LogP contribution in [-0.4, -0.2) is 28.9 Å².